The Morgan fingerprint density at radius 1 is 1.18 bits per heavy atom. The van der Waals surface area contributed by atoms with Crippen LogP contribution in [0.15, 0.2) is 58.4 Å². The number of rotatable bonds is 5. The fraction of sp³-hybridized carbons (Fsp3) is 0.167. The van der Waals surface area contributed by atoms with Gasteiger partial charge < -0.3 is 4.74 Å². The second-order valence-electron chi connectivity index (χ2n) is 5.92. The summed E-state index contributed by atoms with van der Waals surface area (Å²) in [6, 6.07) is 8.65. The number of hydrogen-bond acceptors (Lipinski definition) is 6. The molecule has 0 aliphatic rings. The average Bonchev–Trinajstić information content (AvgIpc) is 2.65. The number of aryl methyl sites for hydroxylation is 1. The molecule has 0 amide bonds. The zero-order valence-electron chi connectivity index (χ0n) is 14.5. The SMILES string of the molecule is Cc1ccn2c(=O)cc(COC(=O)c3ccc(S(=O)(=O)C(F)F)cc3)nc2c1. The molecule has 0 atom stereocenters. The van der Waals surface area contributed by atoms with Crippen molar-refractivity contribution in [3.05, 3.63) is 75.8 Å². The van der Waals surface area contributed by atoms with Gasteiger partial charge in [-0.15, -0.1) is 0 Å². The molecule has 0 unspecified atom stereocenters. The summed E-state index contributed by atoms with van der Waals surface area (Å²) in [6.45, 7) is 1.56. The van der Waals surface area contributed by atoms with E-state index in [1.54, 1.807) is 18.3 Å². The minimum Gasteiger partial charge on any atom is -0.456 e. The van der Waals surface area contributed by atoms with E-state index in [0.29, 0.717) is 5.65 Å². The fourth-order valence-corrected chi connectivity index (χ4v) is 3.16. The smallest absolute Gasteiger partial charge is 0.341 e. The van der Waals surface area contributed by atoms with Crippen molar-refractivity contribution in [1.82, 2.24) is 9.38 Å². The summed E-state index contributed by atoms with van der Waals surface area (Å²) in [6.07, 6.45) is 1.59. The number of alkyl halides is 2. The molecule has 2 heterocycles. The van der Waals surface area contributed by atoms with E-state index in [2.05, 4.69) is 4.98 Å². The van der Waals surface area contributed by atoms with Crippen LogP contribution in [0.2, 0.25) is 0 Å². The van der Waals surface area contributed by atoms with Crippen LogP contribution in [0.25, 0.3) is 5.65 Å². The third-order valence-corrected chi connectivity index (χ3v) is 5.28. The monoisotopic (exact) mass is 408 g/mol. The van der Waals surface area contributed by atoms with Gasteiger partial charge in [-0.25, -0.2) is 18.2 Å². The fourth-order valence-electron chi connectivity index (χ4n) is 2.43. The molecule has 7 nitrogen and oxygen atoms in total. The Balaban J connectivity index is 1.75. The number of hydrogen-bond donors (Lipinski definition) is 0. The Kier molecular flexibility index (Phi) is 5.23. The Morgan fingerprint density at radius 2 is 1.86 bits per heavy atom. The number of halogens is 2. The Hall–Kier alpha value is -3.14. The zero-order chi connectivity index (χ0) is 20.5. The Labute approximate surface area is 158 Å². The molecular weight excluding hydrogens is 394 g/mol. The molecule has 0 aliphatic heterocycles. The van der Waals surface area contributed by atoms with Crippen LogP contribution in [0, 0.1) is 6.92 Å². The zero-order valence-corrected chi connectivity index (χ0v) is 15.3. The summed E-state index contributed by atoms with van der Waals surface area (Å²) in [5, 5.41) is 0. The van der Waals surface area contributed by atoms with Crippen LogP contribution < -0.4 is 5.56 Å². The van der Waals surface area contributed by atoms with Gasteiger partial charge >= 0.3 is 11.7 Å². The molecule has 28 heavy (non-hydrogen) atoms. The van der Waals surface area contributed by atoms with E-state index in [1.807, 2.05) is 6.92 Å². The number of carbonyl (C=O) groups excluding carboxylic acids is 1. The van der Waals surface area contributed by atoms with Crippen LogP contribution in [0.3, 0.4) is 0 Å². The van der Waals surface area contributed by atoms with Crippen molar-refractivity contribution in [3.8, 4) is 0 Å². The van der Waals surface area contributed by atoms with Crippen LogP contribution in [0.5, 0.6) is 0 Å². The molecule has 1 aromatic carbocycles. The number of sulfone groups is 1. The minimum absolute atomic E-state index is 0.0263. The van der Waals surface area contributed by atoms with Gasteiger partial charge in [0, 0.05) is 12.3 Å². The van der Waals surface area contributed by atoms with Crippen molar-refractivity contribution < 1.29 is 26.7 Å². The molecule has 0 saturated heterocycles. The van der Waals surface area contributed by atoms with Crippen molar-refractivity contribution in [2.45, 2.75) is 24.2 Å². The number of fused-ring (bicyclic) bond motifs is 1. The van der Waals surface area contributed by atoms with Gasteiger partial charge in [0.25, 0.3) is 5.56 Å². The van der Waals surface area contributed by atoms with Gasteiger partial charge in [0.05, 0.1) is 16.2 Å². The van der Waals surface area contributed by atoms with Gasteiger partial charge in [-0.05, 0) is 48.9 Å². The summed E-state index contributed by atoms with van der Waals surface area (Å²) in [4.78, 5) is 27.8. The van der Waals surface area contributed by atoms with Gasteiger partial charge in [-0.1, -0.05) is 0 Å². The van der Waals surface area contributed by atoms with Gasteiger partial charge in [-0.3, -0.25) is 9.20 Å². The number of nitrogens with zero attached hydrogens (tertiary/aromatic N) is 2. The summed E-state index contributed by atoms with van der Waals surface area (Å²) in [5.41, 5.74) is 1.18. The molecule has 3 rings (SSSR count). The van der Waals surface area contributed by atoms with Gasteiger partial charge in [0.1, 0.15) is 12.3 Å². The average molecular weight is 408 g/mol. The topological polar surface area (TPSA) is 94.8 Å². The molecule has 3 aromatic rings. The first kappa shape index (κ1) is 19.6. The largest absolute Gasteiger partial charge is 0.456 e. The highest BCUT2D eigenvalue weighted by molar-refractivity contribution is 7.91. The predicted molar refractivity (Wildman–Crippen MR) is 95.0 cm³/mol. The van der Waals surface area contributed by atoms with Crippen molar-refractivity contribution in [2.75, 3.05) is 0 Å². The first-order valence-corrected chi connectivity index (χ1v) is 9.51. The van der Waals surface area contributed by atoms with Crippen molar-refractivity contribution >= 4 is 21.5 Å². The molecule has 0 spiro atoms. The highest BCUT2D eigenvalue weighted by Crippen LogP contribution is 2.19. The molecule has 0 N–H and O–H groups in total. The van der Waals surface area contributed by atoms with E-state index < -0.39 is 26.5 Å². The number of benzene rings is 1. The maximum Gasteiger partial charge on any atom is 0.341 e. The van der Waals surface area contributed by atoms with E-state index in [9.17, 15) is 26.8 Å². The van der Waals surface area contributed by atoms with Crippen LogP contribution >= 0.6 is 0 Å². The second kappa shape index (κ2) is 7.47. The normalized spacial score (nSPS) is 11.7. The molecule has 0 radical (unpaired) electrons. The van der Waals surface area contributed by atoms with Gasteiger partial charge in [0.2, 0.25) is 9.84 Å². The van der Waals surface area contributed by atoms with Crippen LogP contribution in [-0.4, -0.2) is 29.5 Å². The lowest BCUT2D eigenvalue weighted by Gasteiger charge is -2.07. The van der Waals surface area contributed by atoms with Crippen LogP contribution in [0.4, 0.5) is 8.78 Å². The lowest BCUT2D eigenvalue weighted by atomic mass is 10.2. The summed E-state index contributed by atoms with van der Waals surface area (Å²) < 4.78 is 54.2. The van der Waals surface area contributed by atoms with Crippen LogP contribution in [-0.2, 0) is 21.2 Å². The molecule has 0 aliphatic carbocycles. The van der Waals surface area contributed by atoms with Gasteiger partial charge in [-0.2, -0.15) is 8.78 Å². The number of carbonyl (C=O) groups is 1. The maximum absolute atomic E-state index is 12.5. The van der Waals surface area contributed by atoms with Crippen molar-refractivity contribution in [1.29, 1.82) is 0 Å². The highest BCUT2D eigenvalue weighted by atomic mass is 32.2. The first-order chi connectivity index (χ1) is 13.2. The van der Waals surface area contributed by atoms with Gasteiger partial charge in [0.15, 0.2) is 0 Å². The Bertz CT molecular complexity index is 1200. The lowest BCUT2D eigenvalue weighted by Crippen LogP contribution is -2.16. The predicted octanol–water partition coefficient (Wildman–Crippen LogP) is 2.36. The third-order valence-electron chi connectivity index (χ3n) is 3.88. The third kappa shape index (κ3) is 3.91. The van der Waals surface area contributed by atoms with E-state index in [-0.39, 0.29) is 23.4 Å². The summed E-state index contributed by atoms with van der Waals surface area (Å²) >= 11 is 0. The molecule has 0 fully saturated rings. The molecule has 146 valence electrons. The minimum atomic E-state index is -4.74. The van der Waals surface area contributed by atoms with Crippen LogP contribution in [0.1, 0.15) is 21.6 Å². The summed E-state index contributed by atoms with van der Waals surface area (Å²) in [5.74, 6) is -4.36. The van der Waals surface area contributed by atoms with E-state index in [4.69, 9.17) is 4.74 Å². The Morgan fingerprint density at radius 3 is 2.50 bits per heavy atom. The van der Waals surface area contributed by atoms with E-state index in [1.165, 1.54) is 10.5 Å². The molecular formula is C18H14F2N2O5S. The summed E-state index contributed by atoms with van der Waals surface area (Å²) in [7, 11) is -4.74. The molecule has 10 heteroatoms. The van der Waals surface area contributed by atoms with Crippen molar-refractivity contribution in [3.63, 3.8) is 0 Å². The maximum atomic E-state index is 12.5. The molecule has 0 saturated carbocycles. The number of esters is 1. The lowest BCUT2D eigenvalue weighted by molar-refractivity contribution is 0.0467. The van der Waals surface area contributed by atoms with E-state index in [0.717, 1.165) is 29.8 Å². The molecule has 2 aromatic heterocycles. The number of ether oxygens (including phenoxy) is 1. The second-order valence-corrected chi connectivity index (χ2v) is 7.84. The van der Waals surface area contributed by atoms with E-state index >= 15 is 0 Å². The van der Waals surface area contributed by atoms with Crippen molar-refractivity contribution in [2.24, 2.45) is 0 Å². The first-order valence-electron chi connectivity index (χ1n) is 7.96. The number of aromatic nitrogens is 2. The quantitative estimate of drug-likeness (QED) is 0.602. The highest BCUT2D eigenvalue weighted by Gasteiger charge is 2.26. The standard InChI is InChI=1S/C18H14F2N2O5S/c1-11-6-7-22-15(8-11)21-13(9-16(22)23)10-27-17(24)12-2-4-14(5-3-12)28(25,26)18(19)20/h2-9,18H,10H2,1H3. The molecule has 0 bridgehead atoms. The number of pyridine rings is 1.